The molecule has 0 radical (unpaired) electrons. The van der Waals surface area contributed by atoms with Crippen molar-refractivity contribution < 1.29 is 9.59 Å². The first kappa shape index (κ1) is 14.5. The van der Waals surface area contributed by atoms with Gasteiger partial charge >= 0.3 is 0 Å². The molecule has 1 saturated carbocycles. The highest BCUT2D eigenvalue weighted by Crippen LogP contribution is 2.38. The topological polar surface area (TPSA) is 62.3 Å². The fraction of sp³-hybridized carbons (Fsp3) is 0.667. The summed E-state index contributed by atoms with van der Waals surface area (Å²) in [6, 6.07) is -0.860. The van der Waals surface area contributed by atoms with Gasteiger partial charge in [0, 0.05) is 4.88 Å². The smallest absolute Gasteiger partial charge is 0.246 e. The number of amides is 2. The second-order valence-corrected chi connectivity index (χ2v) is 7.34. The van der Waals surface area contributed by atoms with E-state index in [1.54, 1.807) is 23.2 Å². The van der Waals surface area contributed by atoms with Crippen molar-refractivity contribution >= 4 is 23.2 Å². The fourth-order valence-corrected chi connectivity index (χ4v) is 4.13. The lowest BCUT2D eigenvalue weighted by Gasteiger charge is -2.41. The van der Waals surface area contributed by atoms with E-state index < -0.39 is 6.04 Å². The van der Waals surface area contributed by atoms with Crippen LogP contribution in [0.25, 0.3) is 0 Å². The third-order valence-corrected chi connectivity index (χ3v) is 5.69. The van der Waals surface area contributed by atoms with E-state index >= 15 is 0 Å². The predicted octanol–water partition coefficient (Wildman–Crippen LogP) is 1.95. The van der Waals surface area contributed by atoms with E-state index in [9.17, 15) is 9.59 Å². The van der Waals surface area contributed by atoms with E-state index in [4.69, 9.17) is 0 Å². The van der Waals surface area contributed by atoms with Gasteiger partial charge in [-0.3, -0.25) is 9.59 Å². The lowest BCUT2D eigenvalue weighted by molar-refractivity contribution is -0.151. The van der Waals surface area contributed by atoms with E-state index in [0.717, 1.165) is 28.4 Å². The minimum Gasteiger partial charge on any atom is -0.342 e. The van der Waals surface area contributed by atoms with Gasteiger partial charge < -0.3 is 10.2 Å². The van der Waals surface area contributed by atoms with Crippen molar-refractivity contribution in [2.45, 2.75) is 58.7 Å². The number of aryl methyl sites for hydroxylation is 2. The maximum atomic E-state index is 12.8. The Morgan fingerprint density at radius 2 is 2.00 bits per heavy atom. The number of carbonyl (C=O) groups excluding carboxylic acids is 2. The Hall–Kier alpha value is -1.43. The largest absolute Gasteiger partial charge is 0.342 e. The van der Waals surface area contributed by atoms with Crippen LogP contribution in [-0.2, 0) is 9.59 Å². The summed E-state index contributed by atoms with van der Waals surface area (Å²) >= 11 is 1.61. The Balaban J connectivity index is 1.91. The molecule has 3 atom stereocenters. The molecule has 6 heteroatoms. The molecular formula is C15H21N3O2S. The molecule has 0 spiro atoms. The van der Waals surface area contributed by atoms with E-state index in [1.165, 1.54) is 0 Å². The van der Waals surface area contributed by atoms with E-state index in [2.05, 4.69) is 10.3 Å². The molecule has 3 unspecified atom stereocenters. The SMILES string of the molecule is Cc1nc(C)c(C(C)N2C(=O)C(C3CC3)NC(=O)C2C)s1. The summed E-state index contributed by atoms with van der Waals surface area (Å²) in [5, 5.41) is 3.89. The van der Waals surface area contributed by atoms with Crippen LogP contribution >= 0.6 is 11.3 Å². The van der Waals surface area contributed by atoms with E-state index in [-0.39, 0.29) is 23.9 Å². The maximum Gasteiger partial charge on any atom is 0.246 e. The van der Waals surface area contributed by atoms with Gasteiger partial charge in [0.15, 0.2) is 0 Å². The summed E-state index contributed by atoms with van der Waals surface area (Å²) in [6.07, 6.45) is 2.07. The molecule has 1 saturated heterocycles. The molecule has 2 fully saturated rings. The molecule has 2 heterocycles. The van der Waals surface area contributed by atoms with Crippen LogP contribution in [-0.4, -0.2) is 33.8 Å². The lowest BCUT2D eigenvalue weighted by Crippen LogP contribution is -2.63. The molecule has 1 aliphatic carbocycles. The Bertz CT molecular complexity index is 594. The minimum atomic E-state index is -0.427. The third kappa shape index (κ3) is 2.46. The van der Waals surface area contributed by atoms with Crippen molar-refractivity contribution in [1.82, 2.24) is 15.2 Å². The zero-order valence-electron chi connectivity index (χ0n) is 12.8. The average molecular weight is 307 g/mol. The second-order valence-electron chi connectivity index (χ2n) is 6.10. The van der Waals surface area contributed by atoms with Crippen LogP contribution in [0.4, 0.5) is 0 Å². The summed E-state index contributed by atoms with van der Waals surface area (Å²) in [7, 11) is 0. The maximum absolute atomic E-state index is 12.8. The summed E-state index contributed by atoms with van der Waals surface area (Å²) in [6.45, 7) is 7.73. The molecule has 21 heavy (non-hydrogen) atoms. The van der Waals surface area contributed by atoms with Crippen molar-refractivity contribution in [3.63, 3.8) is 0 Å². The zero-order valence-corrected chi connectivity index (χ0v) is 13.7. The van der Waals surface area contributed by atoms with Gasteiger partial charge in [0.25, 0.3) is 0 Å². The van der Waals surface area contributed by atoms with Gasteiger partial charge in [-0.1, -0.05) is 0 Å². The fourth-order valence-electron chi connectivity index (χ4n) is 3.15. The van der Waals surface area contributed by atoms with Crippen molar-refractivity contribution in [2.24, 2.45) is 5.92 Å². The van der Waals surface area contributed by atoms with Crippen molar-refractivity contribution in [2.75, 3.05) is 0 Å². The van der Waals surface area contributed by atoms with Crippen LogP contribution < -0.4 is 5.32 Å². The molecule has 1 N–H and O–H groups in total. The Morgan fingerprint density at radius 1 is 1.33 bits per heavy atom. The number of carbonyl (C=O) groups is 2. The van der Waals surface area contributed by atoms with Crippen molar-refractivity contribution in [3.8, 4) is 0 Å². The molecule has 1 aromatic rings. The Morgan fingerprint density at radius 3 is 2.52 bits per heavy atom. The monoisotopic (exact) mass is 307 g/mol. The lowest BCUT2D eigenvalue weighted by atomic mass is 10.0. The van der Waals surface area contributed by atoms with E-state index in [0.29, 0.717) is 5.92 Å². The molecule has 2 aliphatic rings. The summed E-state index contributed by atoms with van der Waals surface area (Å²) in [5.41, 5.74) is 0.957. The van der Waals surface area contributed by atoms with Crippen molar-refractivity contribution in [1.29, 1.82) is 0 Å². The molecule has 3 rings (SSSR count). The van der Waals surface area contributed by atoms with Crippen LogP contribution in [0.5, 0.6) is 0 Å². The Kier molecular flexibility index (Phi) is 3.51. The first-order valence-corrected chi connectivity index (χ1v) is 8.28. The van der Waals surface area contributed by atoms with Gasteiger partial charge in [-0.05, 0) is 46.5 Å². The third-order valence-electron chi connectivity index (χ3n) is 4.44. The highest BCUT2D eigenvalue weighted by Gasteiger charge is 2.47. The first-order chi connectivity index (χ1) is 9.90. The number of hydrogen-bond donors (Lipinski definition) is 1. The second kappa shape index (κ2) is 5.09. The molecule has 1 aromatic heterocycles. The molecule has 0 bridgehead atoms. The van der Waals surface area contributed by atoms with Crippen LogP contribution in [0.15, 0.2) is 0 Å². The van der Waals surface area contributed by atoms with Crippen LogP contribution in [0.3, 0.4) is 0 Å². The number of thiazole rings is 1. The molecule has 114 valence electrons. The molecule has 1 aliphatic heterocycles. The highest BCUT2D eigenvalue weighted by atomic mass is 32.1. The average Bonchev–Trinajstić information content (AvgIpc) is 3.19. The summed E-state index contributed by atoms with van der Waals surface area (Å²) in [4.78, 5) is 32.3. The molecule has 2 amide bonds. The van der Waals surface area contributed by atoms with Gasteiger partial charge in [0.2, 0.25) is 11.8 Å². The number of nitrogens with zero attached hydrogens (tertiary/aromatic N) is 2. The molecular weight excluding hydrogens is 286 g/mol. The van der Waals surface area contributed by atoms with Gasteiger partial charge in [-0.15, -0.1) is 11.3 Å². The van der Waals surface area contributed by atoms with Crippen LogP contribution in [0.1, 0.15) is 48.3 Å². The number of hydrogen-bond acceptors (Lipinski definition) is 4. The first-order valence-electron chi connectivity index (χ1n) is 7.46. The molecule has 0 aromatic carbocycles. The highest BCUT2D eigenvalue weighted by molar-refractivity contribution is 7.11. The van der Waals surface area contributed by atoms with Crippen molar-refractivity contribution in [3.05, 3.63) is 15.6 Å². The standard InChI is InChI=1S/C15H21N3O2S/c1-7-13(21-10(4)16-7)8(2)18-9(3)14(19)17-12(15(18)20)11-5-6-11/h8-9,11-12H,5-6H2,1-4H3,(H,17,19). The van der Waals surface area contributed by atoms with Crippen LogP contribution in [0.2, 0.25) is 0 Å². The van der Waals surface area contributed by atoms with Crippen LogP contribution in [0, 0.1) is 19.8 Å². The number of nitrogens with one attached hydrogen (secondary N) is 1. The normalized spacial score (nSPS) is 27.7. The summed E-state index contributed by atoms with van der Waals surface area (Å²) in [5.74, 6) is 0.340. The number of aromatic nitrogens is 1. The predicted molar refractivity (Wildman–Crippen MR) is 81.0 cm³/mol. The number of rotatable bonds is 3. The zero-order chi connectivity index (χ0) is 15.3. The van der Waals surface area contributed by atoms with Gasteiger partial charge in [-0.2, -0.15) is 0 Å². The molecule has 5 nitrogen and oxygen atoms in total. The Labute approximate surface area is 128 Å². The minimum absolute atomic E-state index is 0.0442. The van der Waals surface area contributed by atoms with Gasteiger partial charge in [-0.25, -0.2) is 4.98 Å². The van der Waals surface area contributed by atoms with Gasteiger partial charge in [0.1, 0.15) is 12.1 Å². The van der Waals surface area contributed by atoms with Gasteiger partial charge in [0.05, 0.1) is 16.7 Å². The van der Waals surface area contributed by atoms with E-state index in [1.807, 2.05) is 20.8 Å². The number of piperazine rings is 1. The quantitative estimate of drug-likeness (QED) is 0.928. The summed E-state index contributed by atoms with van der Waals surface area (Å²) < 4.78 is 0.